The topological polar surface area (TPSA) is 32.3 Å². The Kier molecular flexibility index (Phi) is 3.45. The molecule has 0 radical (unpaired) electrons. The molecule has 0 aliphatic carbocycles. The van der Waals surface area contributed by atoms with Gasteiger partial charge in [0.2, 0.25) is 0 Å². The fourth-order valence-corrected chi connectivity index (χ4v) is 2.90. The van der Waals surface area contributed by atoms with Gasteiger partial charge in [0.25, 0.3) is 5.91 Å². The molecule has 3 heteroatoms. The van der Waals surface area contributed by atoms with Crippen molar-refractivity contribution in [1.82, 2.24) is 5.32 Å². The molecule has 1 amide bonds. The minimum atomic E-state index is 0.147. The predicted octanol–water partition coefficient (Wildman–Crippen LogP) is 3.19. The van der Waals surface area contributed by atoms with E-state index in [2.05, 4.69) is 30.4 Å². The third-order valence-electron chi connectivity index (χ3n) is 4.16. The van der Waals surface area contributed by atoms with E-state index in [-0.39, 0.29) is 5.91 Å². The maximum atomic E-state index is 12.5. The molecule has 20 heavy (non-hydrogen) atoms. The van der Waals surface area contributed by atoms with Crippen molar-refractivity contribution in [2.24, 2.45) is 0 Å². The molecule has 0 saturated heterocycles. The number of anilines is 1. The number of nitrogens with zero attached hydrogens (tertiary/aromatic N) is 1. The predicted molar refractivity (Wildman–Crippen MR) is 83.4 cm³/mol. The number of hydrogen-bond donors (Lipinski definition) is 1. The van der Waals surface area contributed by atoms with Gasteiger partial charge in [-0.15, -0.1) is 0 Å². The maximum absolute atomic E-state index is 12.5. The van der Waals surface area contributed by atoms with Gasteiger partial charge in [0.1, 0.15) is 0 Å². The number of rotatable bonds is 5. The Labute approximate surface area is 119 Å². The Morgan fingerprint density at radius 1 is 1.20 bits per heavy atom. The van der Waals surface area contributed by atoms with Gasteiger partial charge in [-0.3, -0.25) is 4.79 Å². The molecule has 1 unspecified atom stereocenters. The summed E-state index contributed by atoms with van der Waals surface area (Å²) in [6.45, 7) is 2.96. The van der Waals surface area contributed by atoms with E-state index in [0.29, 0.717) is 6.04 Å². The third-order valence-corrected chi connectivity index (χ3v) is 4.16. The molecule has 3 nitrogen and oxygen atoms in total. The van der Waals surface area contributed by atoms with E-state index >= 15 is 0 Å². The monoisotopic (exact) mass is 268 g/mol. The lowest BCUT2D eigenvalue weighted by Gasteiger charge is -2.19. The van der Waals surface area contributed by atoms with Crippen molar-refractivity contribution in [2.75, 3.05) is 18.5 Å². The van der Waals surface area contributed by atoms with Crippen LogP contribution in [0.5, 0.6) is 0 Å². The summed E-state index contributed by atoms with van der Waals surface area (Å²) in [5.41, 5.74) is 1.92. The summed E-state index contributed by atoms with van der Waals surface area (Å²) in [7, 11) is 1.97. The zero-order chi connectivity index (χ0) is 14.1. The van der Waals surface area contributed by atoms with Gasteiger partial charge in [0.05, 0.1) is 5.69 Å². The van der Waals surface area contributed by atoms with E-state index in [9.17, 15) is 4.79 Å². The number of hydrogen-bond acceptors (Lipinski definition) is 2. The quantitative estimate of drug-likeness (QED) is 0.903. The van der Waals surface area contributed by atoms with Crippen LogP contribution in [0.3, 0.4) is 0 Å². The normalized spacial score (nSPS) is 15.1. The molecule has 1 atom stereocenters. The Balaban J connectivity index is 1.86. The fourth-order valence-electron chi connectivity index (χ4n) is 2.90. The van der Waals surface area contributed by atoms with Gasteiger partial charge < -0.3 is 10.2 Å². The first-order valence-corrected chi connectivity index (χ1v) is 7.23. The third kappa shape index (κ3) is 2.08. The highest BCUT2D eigenvalue weighted by Gasteiger charge is 2.28. The van der Waals surface area contributed by atoms with Gasteiger partial charge in [0, 0.05) is 23.5 Å². The number of carbonyl (C=O) groups excluding carboxylic acids is 1. The molecule has 1 aliphatic heterocycles. The van der Waals surface area contributed by atoms with Crippen LogP contribution >= 0.6 is 0 Å². The van der Waals surface area contributed by atoms with Crippen molar-refractivity contribution in [1.29, 1.82) is 0 Å². The van der Waals surface area contributed by atoms with E-state index in [1.165, 1.54) is 0 Å². The van der Waals surface area contributed by atoms with Gasteiger partial charge in [-0.05, 0) is 44.3 Å². The Hall–Kier alpha value is -1.87. The number of nitrogens with one attached hydrogen (secondary N) is 1. The van der Waals surface area contributed by atoms with Crippen molar-refractivity contribution in [3.63, 3.8) is 0 Å². The van der Waals surface area contributed by atoms with Crippen LogP contribution in [0.4, 0.5) is 5.69 Å². The molecule has 0 aromatic heterocycles. The van der Waals surface area contributed by atoms with Gasteiger partial charge in [0.15, 0.2) is 0 Å². The SMILES string of the molecule is CNC(C)CCCN1C(=O)c2cccc3cccc1c23. The lowest BCUT2D eigenvalue weighted by molar-refractivity contribution is 0.0992. The summed E-state index contributed by atoms with van der Waals surface area (Å²) < 4.78 is 0. The maximum Gasteiger partial charge on any atom is 0.258 e. The summed E-state index contributed by atoms with van der Waals surface area (Å²) in [6.07, 6.45) is 2.09. The van der Waals surface area contributed by atoms with Gasteiger partial charge in [-0.1, -0.05) is 24.3 Å². The second-order valence-corrected chi connectivity index (χ2v) is 5.47. The van der Waals surface area contributed by atoms with Crippen molar-refractivity contribution >= 4 is 22.4 Å². The van der Waals surface area contributed by atoms with Gasteiger partial charge >= 0.3 is 0 Å². The van der Waals surface area contributed by atoms with Crippen LogP contribution in [-0.4, -0.2) is 25.5 Å². The minimum Gasteiger partial charge on any atom is -0.317 e. The van der Waals surface area contributed by atoms with E-state index in [4.69, 9.17) is 0 Å². The molecule has 1 heterocycles. The standard InChI is InChI=1S/C17H20N2O/c1-12(18-2)6-5-11-19-15-10-4-8-13-7-3-9-14(16(13)15)17(19)20/h3-4,7-10,12,18H,5-6,11H2,1-2H3. The highest BCUT2D eigenvalue weighted by Crippen LogP contribution is 2.37. The first kappa shape index (κ1) is 13.1. The van der Waals surface area contributed by atoms with Gasteiger partial charge in [-0.2, -0.15) is 0 Å². The minimum absolute atomic E-state index is 0.147. The fraction of sp³-hybridized carbons (Fsp3) is 0.353. The summed E-state index contributed by atoms with van der Waals surface area (Å²) in [5, 5.41) is 5.50. The largest absolute Gasteiger partial charge is 0.317 e. The van der Waals surface area contributed by atoms with E-state index < -0.39 is 0 Å². The van der Waals surface area contributed by atoms with Crippen molar-refractivity contribution < 1.29 is 4.79 Å². The molecular weight excluding hydrogens is 248 g/mol. The molecule has 0 fully saturated rings. The smallest absolute Gasteiger partial charge is 0.258 e. The van der Waals surface area contributed by atoms with Crippen LogP contribution in [0.2, 0.25) is 0 Å². The second kappa shape index (κ2) is 5.25. The molecular formula is C17H20N2O. The van der Waals surface area contributed by atoms with Crippen molar-refractivity contribution in [3.05, 3.63) is 42.0 Å². The van der Waals surface area contributed by atoms with Crippen LogP contribution in [-0.2, 0) is 0 Å². The van der Waals surface area contributed by atoms with Crippen LogP contribution in [0.15, 0.2) is 36.4 Å². The van der Waals surface area contributed by atoms with Crippen molar-refractivity contribution in [3.8, 4) is 0 Å². The van der Waals surface area contributed by atoms with Crippen LogP contribution in [0.25, 0.3) is 10.8 Å². The molecule has 0 saturated carbocycles. The average Bonchev–Trinajstić information content (AvgIpc) is 2.75. The van der Waals surface area contributed by atoms with E-state index in [0.717, 1.165) is 41.4 Å². The van der Waals surface area contributed by atoms with Crippen molar-refractivity contribution in [2.45, 2.75) is 25.8 Å². The lowest BCUT2D eigenvalue weighted by atomic mass is 10.1. The Morgan fingerprint density at radius 3 is 2.70 bits per heavy atom. The molecule has 2 aromatic rings. The number of amides is 1. The second-order valence-electron chi connectivity index (χ2n) is 5.47. The van der Waals surface area contributed by atoms with Gasteiger partial charge in [-0.25, -0.2) is 0 Å². The van der Waals surface area contributed by atoms with Crippen LogP contribution in [0.1, 0.15) is 30.1 Å². The highest BCUT2D eigenvalue weighted by atomic mass is 16.2. The number of carbonyl (C=O) groups is 1. The van der Waals surface area contributed by atoms with Crippen LogP contribution in [0, 0.1) is 0 Å². The first-order chi connectivity index (χ1) is 9.72. The highest BCUT2D eigenvalue weighted by molar-refractivity contribution is 6.24. The Bertz CT molecular complexity index is 645. The summed E-state index contributed by atoms with van der Waals surface area (Å²) in [6, 6.07) is 12.6. The Morgan fingerprint density at radius 2 is 1.95 bits per heavy atom. The summed E-state index contributed by atoms with van der Waals surface area (Å²) in [5.74, 6) is 0.147. The summed E-state index contributed by atoms with van der Waals surface area (Å²) in [4.78, 5) is 14.5. The molecule has 104 valence electrons. The molecule has 1 N–H and O–H groups in total. The molecule has 1 aliphatic rings. The molecule has 0 bridgehead atoms. The van der Waals surface area contributed by atoms with E-state index in [1.54, 1.807) is 0 Å². The summed E-state index contributed by atoms with van der Waals surface area (Å²) >= 11 is 0. The molecule has 3 rings (SSSR count). The first-order valence-electron chi connectivity index (χ1n) is 7.23. The zero-order valence-electron chi connectivity index (χ0n) is 12.0. The van der Waals surface area contributed by atoms with E-state index in [1.807, 2.05) is 30.1 Å². The van der Waals surface area contributed by atoms with Crippen LogP contribution < -0.4 is 10.2 Å². The molecule has 2 aromatic carbocycles. The average molecular weight is 268 g/mol. The molecule has 0 spiro atoms. The number of benzene rings is 2. The zero-order valence-corrected chi connectivity index (χ0v) is 12.0. The lowest BCUT2D eigenvalue weighted by Crippen LogP contribution is -2.29.